The number of hydrogen-bond acceptors (Lipinski definition) is 2. The Morgan fingerprint density at radius 1 is 1.22 bits per heavy atom. The van der Waals surface area contributed by atoms with Gasteiger partial charge in [-0.2, -0.15) is 0 Å². The zero-order chi connectivity index (χ0) is 12.6. The third-order valence-corrected chi connectivity index (χ3v) is 4.74. The first-order valence-corrected chi connectivity index (χ1v) is 6.97. The molecule has 1 saturated carbocycles. The van der Waals surface area contributed by atoms with Gasteiger partial charge in [-0.25, -0.2) is 4.39 Å². The average molecular weight is 248 g/mol. The lowest BCUT2D eigenvalue weighted by Gasteiger charge is -2.26. The summed E-state index contributed by atoms with van der Waals surface area (Å²) in [7, 11) is 0. The van der Waals surface area contributed by atoms with Crippen molar-refractivity contribution in [3.8, 4) is 0 Å². The van der Waals surface area contributed by atoms with Crippen molar-refractivity contribution in [1.82, 2.24) is 0 Å². The van der Waals surface area contributed by atoms with E-state index in [1.54, 1.807) is 6.07 Å². The molecule has 2 N–H and O–H groups in total. The molecule has 3 heteroatoms. The first-order valence-electron chi connectivity index (χ1n) is 6.97. The monoisotopic (exact) mass is 248 g/mol. The van der Waals surface area contributed by atoms with Crippen LogP contribution in [0.3, 0.4) is 0 Å². The number of hydrogen-bond donors (Lipinski definition) is 1. The summed E-state index contributed by atoms with van der Waals surface area (Å²) in [6, 6.07) is 5.32. The van der Waals surface area contributed by atoms with Crippen molar-refractivity contribution in [2.24, 2.45) is 11.1 Å². The van der Waals surface area contributed by atoms with Gasteiger partial charge >= 0.3 is 0 Å². The van der Waals surface area contributed by atoms with Crippen molar-refractivity contribution in [3.63, 3.8) is 0 Å². The molecule has 1 aliphatic carbocycles. The van der Waals surface area contributed by atoms with Crippen LogP contribution in [0.25, 0.3) is 0 Å². The molecule has 0 atom stereocenters. The minimum Gasteiger partial charge on any atom is -0.371 e. The number of anilines is 1. The molecule has 1 aliphatic heterocycles. The van der Waals surface area contributed by atoms with Gasteiger partial charge in [-0.05, 0) is 36.8 Å². The number of rotatable bonds is 2. The Balaban J connectivity index is 1.86. The topological polar surface area (TPSA) is 29.3 Å². The van der Waals surface area contributed by atoms with Crippen molar-refractivity contribution in [2.45, 2.75) is 38.6 Å². The van der Waals surface area contributed by atoms with Gasteiger partial charge < -0.3 is 10.6 Å². The van der Waals surface area contributed by atoms with Gasteiger partial charge in [-0.3, -0.25) is 0 Å². The Morgan fingerprint density at radius 3 is 2.72 bits per heavy atom. The molecular formula is C15H21FN2. The molecule has 2 nitrogen and oxygen atoms in total. The van der Waals surface area contributed by atoms with Gasteiger partial charge in [0.2, 0.25) is 0 Å². The lowest BCUT2D eigenvalue weighted by atomic mass is 9.86. The molecule has 1 spiro atoms. The maximum absolute atomic E-state index is 13.8. The summed E-state index contributed by atoms with van der Waals surface area (Å²) in [5.41, 5.74) is 7.90. The zero-order valence-electron chi connectivity index (χ0n) is 10.8. The van der Waals surface area contributed by atoms with E-state index in [-0.39, 0.29) is 12.4 Å². The fraction of sp³-hybridized carbons (Fsp3) is 0.600. The molecule has 1 aromatic rings. The van der Waals surface area contributed by atoms with Crippen LogP contribution >= 0.6 is 0 Å². The molecule has 1 saturated heterocycles. The third kappa shape index (κ3) is 1.91. The molecule has 1 aromatic carbocycles. The van der Waals surface area contributed by atoms with E-state index in [0.717, 1.165) is 18.8 Å². The second-order valence-electron chi connectivity index (χ2n) is 5.82. The van der Waals surface area contributed by atoms with Crippen molar-refractivity contribution < 1.29 is 4.39 Å². The van der Waals surface area contributed by atoms with E-state index in [1.165, 1.54) is 38.2 Å². The van der Waals surface area contributed by atoms with E-state index < -0.39 is 0 Å². The summed E-state index contributed by atoms with van der Waals surface area (Å²) in [4.78, 5) is 2.34. The summed E-state index contributed by atoms with van der Waals surface area (Å²) in [6.45, 7) is 2.42. The van der Waals surface area contributed by atoms with Gasteiger partial charge in [0.1, 0.15) is 5.82 Å². The van der Waals surface area contributed by atoms with E-state index in [2.05, 4.69) is 4.90 Å². The van der Waals surface area contributed by atoms with Gasteiger partial charge in [0.05, 0.1) is 0 Å². The summed E-state index contributed by atoms with van der Waals surface area (Å²) in [5.74, 6) is -0.164. The van der Waals surface area contributed by atoms with Crippen LogP contribution < -0.4 is 10.6 Å². The van der Waals surface area contributed by atoms with Gasteiger partial charge in [0, 0.05) is 30.9 Å². The minimum absolute atomic E-state index is 0.164. The normalized spacial score (nSPS) is 22.0. The highest BCUT2D eigenvalue weighted by Crippen LogP contribution is 2.46. The first kappa shape index (κ1) is 12.0. The molecule has 0 amide bonds. The molecule has 18 heavy (non-hydrogen) atoms. The standard InChI is InChI=1S/C15H21FN2/c16-13-4-3-5-14(12(13)10-17)18-9-8-15(11-18)6-1-2-7-15/h3-5H,1-2,6-11,17H2. The van der Waals surface area contributed by atoms with Gasteiger partial charge in [-0.1, -0.05) is 18.9 Å². The molecule has 0 unspecified atom stereocenters. The summed E-state index contributed by atoms with van der Waals surface area (Å²) >= 11 is 0. The van der Waals surface area contributed by atoms with E-state index in [9.17, 15) is 4.39 Å². The minimum atomic E-state index is -0.164. The van der Waals surface area contributed by atoms with Crippen LogP contribution in [-0.4, -0.2) is 13.1 Å². The quantitative estimate of drug-likeness (QED) is 0.871. The molecule has 0 radical (unpaired) electrons. The Morgan fingerprint density at radius 2 is 2.00 bits per heavy atom. The highest BCUT2D eigenvalue weighted by atomic mass is 19.1. The zero-order valence-corrected chi connectivity index (χ0v) is 10.8. The molecule has 2 aliphatic rings. The molecule has 0 bridgehead atoms. The van der Waals surface area contributed by atoms with Crippen molar-refractivity contribution in [2.75, 3.05) is 18.0 Å². The number of halogens is 1. The molecule has 0 aromatic heterocycles. The maximum Gasteiger partial charge on any atom is 0.129 e. The van der Waals surface area contributed by atoms with Crippen molar-refractivity contribution in [1.29, 1.82) is 0 Å². The maximum atomic E-state index is 13.8. The van der Waals surface area contributed by atoms with E-state index in [1.807, 2.05) is 6.07 Å². The van der Waals surface area contributed by atoms with Crippen LogP contribution in [-0.2, 0) is 6.54 Å². The average Bonchev–Trinajstić information content (AvgIpc) is 3.00. The van der Waals surface area contributed by atoms with Crippen LogP contribution in [0.4, 0.5) is 10.1 Å². The highest BCUT2D eigenvalue weighted by molar-refractivity contribution is 5.55. The smallest absolute Gasteiger partial charge is 0.129 e. The molecule has 2 fully saturated rings. The lowest BCUT2D eigenvalue weighted by Crippen LogP contribution is -2.26. The van der Waals surface area contributed by atoms with E-state index in [4.69, 9.17) is 5.73 Å². The summed E-state index contributed by atoms with van der Waals surface area (Å²) in [6.07, 6.45) is 6.67. The summed E-state index contributed by atoms with van der Waals surface area (Å²) in [5, 5.41) is 0. The highest BCUT2D eigenvalue weighted by Gasteiger charge is 2.40. The molecular weight excluding hydrogens is 227 g/mol. The lowest BCUT2D eigenvalue weighted by molar-refractivity contribution is 0.340. The Hall–Kier alpha value is -1.09. The number of nitrogens with two attached hydrogens (primary N) is 1. The molecule has 98 valence electrons. The largest absolute Gasteiger partial charge is 0.371 e. The Labute approximate surface area is 108 Å². The second kappa shape index (κ2) is 4.54. The Kier molecular flexibility index (Phi) is 3.02. The third-order valence-electron chi connectivity index (χ3n) is 4.74. The van der Waals surface area contributed by atoms with Crippen LogP contribution in [0.1, 0.15) is 37.7 Å². The number of nitrogens with zero attached hydrogens (tertiary/aromatic N) is 1. The van der Waals surface area contributed by atoms with Crippen LogP contribution in [0.2, 0.25) is 0 Å². The SMILES string of the molecule is NCc1c(F)cccc1N1CCC2(CCCC2)C1. The van der Waals surface area contributed by atoms with Gasteiger partial charge in [-0.15, -0.1) is 0 Å². The predicted octanol–water partition coefficient (Wildman–Crippen LogP) is 3.05. The van der Waals surface area contributed by atoms with Gasteiger partial charge in [0.15, 0.2) is 0 Å². The first-order chi connectivity index (χ1) is 8.74. The van der Waals surface area contributed by atoms with Gasteiger partial charge in [0.25, 0.3) is 0 Å². The van der Waals surface area contributed by atoms with Crippen molar-refractivity contribution >= 4 is 5.69 Å². The predicted molar refractivity (Wildman–Crippen MR) is 72.0 cm³/mol. The Bertz CT molecular complexity index is 438. The van der Waals surface area contributed by atoms with Crippen LogP contribution in [0, 0.1) is 11.2 Å². The number of benzene rings is 1. The van der Waals surface area contributed by atoms with Crippen LogP contribution in [0.5, 0.6) is 0 Å². The second-order valence-corrected chi connectivity index (χ2v) is 5.82. The fourth-order valence-electron chi connectivity index (χ4n) is 3.72. The summed E-state index contributed by atoms with van der Waals surface area (Å²) < 4.78 is 13.8. The fourth-order valence-corrected chi connectivity index (χ4v) is 3.72. The molecule has 3 rings (SSSR count). The van der Waals surface area contributed by atoms with Crippen molar-refractivity contribution in [3.05, 3.63) is 29.6 Å². The van der Waals surface area contributed by atoms with E-state index >= 15 is 0 Å². The van der Waals surface area contributed by atoms with E-state index in [0.29, 0.717) is 11.0 Å². The molecule has 1 heterocycles. The van der Waals surface area contributed by atoms with Crippen LogP contribution in [0.15, 0.2) is 18.2 Å².